The first-order valence-electron chi connectivity index (χ1n) is 8.57. The number of nitrogens with zero attached hydrogens (tertiary/aromatic N) is 2. The Balaban J connectivity index is 1.54. The van der Waals surface area contributed by atoms with Gasteiger partial charge in [-0.15, -0.1) is 11.3 Å². The van der Waals surface area contributed by atoms with Crippen LogP contribution in [0.2, 0.25) is 0 Å². The highest BCUT2D eigenvalue weighted by atomic mass is 32.1. The number of thiophene rings is 1. The SMILES string of the molecule is CN=C(NCc1coc(-c2cccs2)n1)NCC(C)(C)c1ccccc1. The van der Waals surface area contributed by atoms with Crippen molar-refractivity contribution in [1.82, 2.24) is 15.6 Å². The van der Waals surface area contributed by atoms with E-state index in [1.54, 1.807) is 24.6 Å². The van der Waals surface area contributed by atoms with Crippen molar-refractivity contribution in [3.8, 4) is 10.8 Å². The third-order valence-electron chi connectivity index (χ3n) is 4.20. The highest BCUT2D eigenvalue weighted by Gasteiger charge is 2.20. The molecule has 136 valence electrons. The number of guanidine groups is 1. The van der Waals surface area contributed by atoms with Crippen LogP contribution in [0.1, 0.15) is 25.1 Å². The molecular formula is C20H24N4OS. The Labute approximate surface area is 158 Å². The molecule has 26 heavy (non-hydrogen) atoms. The number of hydrogen-bond donors (Lipinski definition) is 2. The number of hydrogen-bond acceptors (Lipinski definition) is 4. The van der Waals surface area contributed by atoms with Crippen LogP contribution in [0.4, 0.5) is 0 Å². The summed E-state index contributed by atoms with van der Waals surface area (Å²) >= 11 is 1.61. The van der Waals surface area contributed by atoms with Crippen molar-refractivity contribution < 1.29 is 4.42 Å². The van der Waals surface area contributed by atoms with Gasteiger partial charge in [0.25, 0.3) is 0 Å². The molecule has 1 aromatic carbocycles. The summed E-state index contributed by atoms with van der Waals surface area (Å²) in [5.41, 5.74) is 2.14. The summed E-state index contributed by atoms with van der Waals surface area (Å²) in [6.45, 7) is 5.76. The lowest BCUT2D eigenvalue weighted by Crippen LogP contribution is -2.43. The van der Waals surface area contributed by atoms with Gasteiger partial charge in [-0.2, -0.15) is 0 Å². The third-order valence-corrected chi connectivity index (χ3v) is 5.06. The van der Waals surface area contributed by atoms with E-state index in [-0.39, 0.29) is 5.41 Å². The second-order valence-electron chi connectivity index (χ2n) is 6.65. The predicted octanol–water partition coefficient (Wildman–Crippen LogP) is 4.05. The van der Waals surface area contributed by atoms with Crippen molar-refractivity contribution in [2.24, 2.45) is 4.99 Å². The Hall–Kier alpha value is -2.60. The summed E-state index contributed by atoms with van der Waals surface area (Å²) in [6.07, 6.45) is 1.68. The average Bonchev–Trinajstić information content (AvgIpc) is 3.34. The Morgan fingerprint density at radius 1 is 1.15 bits per heavy atom. The third kappa shape index (κ3) is 4.52. The number of nitrogens with one attached hydrogen (secondary N) is 2. The molecule has 0 bridgehead atoms. The summed E-state index contributed by atoms with van der Waals surface area (Å²) in [6, 6.07) is 14.5. The van der Waals surface area contributed by atoms with E-state index in [0.717, 1.165) is 23.1 Å². The zero-order valence-electron chi connectivity index (χ0n) is 15.3. The summed E-state index contributed by atoms with van der Waals surface area (Å²) in [5.74, 6) is 1.40. The standard InChI is InChI=1S/C20H24N4OS/c1-20(2,15-8-5-4-6-9-15)14-23-19(21-3)22-12-16-13-25-18(24-16)17-10-7-11-26-17/h4-11,13H,12,14H2,1-3H3,(H2,21,22,23). The molecule has 3 rings (SSSR count). The zero-order chi connectivity index (χ0) is 18.4. The van der Waals surface area contributed by atoms with Gasteiger partial charge in [0.2, 0.25) is 5.89 Å². The van der Waals surface area contributed by atoms with E-state index in [1.807, 2.05) is 23.6 Å². The molecule has 0 aliphatic rings. The fraction of sp³-hybridized carbons (Fsp3) is 0.300. The van der Waals surface area contributed by atoms with Gasteiger partial charge in [-0.3, -0.25) is 4.99 Å². The Bertz CT molecular complexity index is 838. The molecule has 0 spiro atoms. The number of oxazole rings is 1. The topological polar surface area (TPSA) is 62.5 Å². The van der Waals surface area contributed by atoms with Crippen LogP contribution in [0.25, 0.3) is 10.8 Å². The molecule has 2 aromatic heterocycles. The number of aliphatic imine (C=N–C) groups is 1. The van der Waals surface area contributed by atoms with Crippen molar-refractivity contribution >= 4 is 17.3 Å². The first-order valence-corrected chi connectivity index (χ1v) is 9.45. The van der Waals surface area contributed by atoms with Crippen molar-refractivity contribution in [3.05, 3.63) is 65.4 Å². The number of aromatic nitrogens is 1. The van der Waals surface area contributed by atoms with Crippen molar-refractivity contribution in [2.75, 3.05) is 13.6 Å². The van der Waals surface area contributed by atoms with Crippen molar-refractivity contribution in [2.45, 2.75) is 25.8 Å². The van der Waals surface area contributed by atoms with Crippen molar-refractivity contribution in [1.29, 1.82) is 0 Å². The van der Waals surface area contributed by atoms with Crippen LogP contribution in [0.5, 0.6) is 0 Å². The maximum Gasteiger partial charge on any atom is 0.236 e. The van der Waals surface area contributed by atoms with Gasteiger partial charge >= 0.3 is 0 Å². The molecule has 0 radical (unpaired) electrons. The van der Waals surface area contributed by atoms with Crippen LogP contribution in [-0.4, -0.2) is 24.5 Å². The molecule has 5 nitrogen and oxygen atoms in total. The minimum atomic E-state index is -0.000882. The highest BCUT2D eigenvalue weighted by molar-refractivity contribution is 7.13. The van der Waals surface area contributed by atoms with E-state index in [9.17, 15) is 0 Å². The second-order valence-corrected chi connectivity index (χ2v) is 7.60. The Morgan fingerprint density at radius 3 is 2.65 bits per heavy atom. The maximum atomic E-state index is 5.55. The molecule has 0 unspecified atom stereocenters. The zero-order valence-corrected chi connectivity index (χ0v) is 16.1. The fourth-order valence-corrected chi connectivity index (χ4v) is 3.25. The normalized spacial score (nSPS) is 12.2. The smallest absolute Gasteiger partial charge is 0.236 e. The molecule has 3 aromatic rings. The second kappa shape index (κ2) is 8.19. The predicted molar refractivity (Wildman–Crippen MR) is 107 cm³/mol. The van der Waals surface area contributed by atoms with E-state index in [1.165, 1.54) is 5.56 Å². The summed E-state index contributed by atoms with van der Waals surface area (Å²) in [7, 11) is 1.77. The number of benzene rings is 1. The molecule has 0 atom stereocenters. The molecule has 6 heteroatoms. The van der Waals surface area contributed by atoms with Crippen LogP contribution >= 0.6 is 11.3 Å². The lowest BCUT2D eigenvalue weighted by atomic mass is 9.85. The fourth-order valence-electron chi connectivity index (χ4n) is 2.59. The van der Waals surface area contributed by atoms with Gasteiger partial charge in [-0.05, 0) is 17.0 Å². The van der Waals surface area contributed by atoms with Gasteiger partial charge in [0.05, 0.1) is 17.1 Å². The van der Waals surface area contributed by atoms with E-state index < -0.39 is 0 Å². The summed E-state index contributed by atoms with van der Waals surface area (Å²) in [4.78, 5) is 9.84. The van der Waals surface area contributed by atoms with E-state index >= 15 is 0 Å². The molecule has 0 aliphatic carbocycles. The molecular weight excluding hydrogens is 344 g/mol. The van der Waals surface area contributed by atoms with Crippen molar-refractivity contribution in [3.63, 3.8) is 0 Å². The van der Waals surface area contributed by atoms with Gasteiger partial charge in [-0.25, -0.2) is 4.98 Å². The molecule has 0 aliphatic heterocycles. The van der Waals surface area contributed by atoms with Gasteiger partial charge in [0.1, 0.15) is 6.26 Å². The minimum Gasteiger partial charge on any atom is -0.443 e. The highest BCUT2D eigenvalue weighted by Crippen LogP contribution is 2.23. The van der Waals surface area contributed by atoms with Gasteiger partial charge in [0, 0.05) is 19.0 Å². The van der Waals surface area contributed by atoms with Crippen LogP contribution in [-0.2, 0) is 12.0 Å². The van der Waals surface area contributed by atoms with Gasteiger partial charge < -0.3 is 15.1 Å². The molecule has 0 fully saturated rings. The van der Waals surface area contributed by atoms with E-state index in [4.69, 9.17) is 4.42 Å². The first-order chi connectivity index (χ1) is 12.6. The Kier molecular flexibility index (Phi) is 5.73. The lowest BCUT2D eigenvalue weighted by Gasteiger charge is -2.26. The molecule has 2 N–H and O–H groups in total. The first kappa shape index (κ1) is 18.2. The quantitative estimate of drug-likeness (QED) is 0.509. The largest absolute Gasteiger partial charge is 0.443 e. The Morgan fingerprint density at radius 2 is 1.96 bits per heavy atom. The lowest BCUT2D eigenvalue weighted by molar-refractivity contribution is 0.508. The van der Waals surface area contributed by atoms with Gasteiger partial charge in [0.15, 0.2) is 5.96 Å². The van der Waals surface area contributed by atoms with E-state index in [0.29, 0.717) is 12.4 Å². The van der Waals surface area contributed by atoms with E-state index in [2.05, 4.69) is 58.7 Å². The van der Waals surface area contributed by atoms with Crippen LogP contribution in [0, 0.1) is 0 Å². The number of rotatable bonds is 6. The molecule has 0 saturated carbocycles. The van der Waals surface area contributed by atoms with Crippen LogP contribution in [0.3, 0.4) is 0 Å². The molecule has 2 heterocycles. The molecule has 0 amide bonds. The van der Waals surface area contributed by atoms with Gasteiger partial charge in [-0.1, -0.05) is 50.2 Å². The van der Waals surface area contributed by atoms with Crippen LogP contribution < -0.4 is 10.6 Å². The van der Waals surface area contributed by atoms with Crippen LogP contribution in [0.15, 0.2) is 63.5 Å². The molecule has 0 saturated heterocycles. The average molecular weight is 369 g/mol. The summed E-state index contributed by atoms with van der Waals surface area (Å²) in [5, 5.41) is 8.70. The summed E-state index contributed by atoms with van der Waals surface area (Å²) < 4.78 is 5.55. The maximum absolute atomic E-state index is 5.55. The monoisotopic (exact) mass is 368 g/mol. The minimum absolute atomic E-state index is 0.000882.